The van der Waals surface area contributed by atoms with Crippen molar-refractivity contribution in [3.05, 3.63) is 0 Å². The van der Waals surface area contributed by atoms with Gasteiger partial charge in [-0.3, -0.25) is 37.3 Å². The van der Waals surface area contributed by atoms with E-state index in [4.69, 9.17) is 37.0 Å². The van der Waals surface area contributed by atoms with Crippen molar-refractivity contribution in [2.24, 2.45) is 11.8 Å². The average molecular weight is 1420 g/mol. The van der Waals surface area contributed by atoms with E-state index in [1.54, 1.807) is 0 Å². The second-order valence-electron chi connectivity index (χ2n) is 28.8. The van der Waals surface area contributed by atoms with Crippen LogP contribution >= 0.6 is 15.6 Å². The van der Waals surface area contributed by atoms with E-state index in [2.05, 4.69) is 41.5 Å². The quantitative estimate of drug-likeness (QED) is 0.0222. The fourth-order valence-electron chi connectivity index (χ4n) is 12.0. The summed E-state index contributed by atoms with van der Waals surface area (Å²) in [4.78, 5) is 72.8. The number of hydrogen-bond acceptors (Lipinski definition) is 15. The number of phosphoric acid groups is 2. The third kappa shape index (κ3) is 70.9. The molecule has 0 aromatic rings. The molecule has 576 valence electrons. The maximum atomic E-state index is 13.1. The van der Waals surface area contributed by atoms with Gasteiger partial charge in [0.05, 0.1) is 26.4 Å². The molecule has 3 N–H and O–H groups in total. The van der Waals surface area contributed by atoms with Gasteiger partial charge in [-0.2, -0.15) is 0 Å². The highest BCUT2D eigenvalue weighted by Gasteiger charge is 2.30. The number of unbranched alkanes of at least 4 members (excludes halogenated alkanes) is 46. The lowest BCUT2D eigenvalue weighted by Gasteiger charge is -2.21. The Morgan fingerprint density at radius 3 is 0.784 bits per heavy atom. The van der Waals surface area contributed by atoms with E-state index in [1.165, 1.54) is 218 Å². The van der Waals surface area contributed by atoms with Gasteiger partial charge in [0.1, 0.15) is 19.3 Å². The van der Waals surface area contributed by atoms with Gasteiger partial charge in [-0.1, -0.05) is 356 Å². The summed E-state index contributed by atoms with van der Waals surface area (Å²) in [6.45, 7) is 9.65. The fraction of sp³-hybridized carbons (Fsp3) is 0.949. The van der Waals surface area contributed by atoms with Crippen molar-refractivity contribution in [3.63, 3.8) is 0 Å². The van der Waals surface area contributed by atoms with Gasteiger partial charge in [0.25, 0.3) is 0 Å². The molecule has 0 saturated heterocycles. The van der Waals surface area contributed by atoms with E-state index < -0.39 is 97.5 Å². The summed E-state index contributed by atoms with van der Waals surface area (Å²) in [7, 11) is -9.91. The van der Waals surface area contributed by atoms with Crippen LogP contribution in [0, 0.1) is 11.8 Å². The third-order valence-corrected chi connectivity index (χ3v) is 20.5. The number of ether oxygens (including phenoxy) is 4. The topological polar surface area (TPSA) is 237 Å². The minimum Gasteiger partial charge on any atom is -0.462 e. The lowest BCUT2D eigenvalue weighted by atomic mass is 9.99. The van der Waals surface area contributed by atoms with E-state index in [9.17, 15) is 43.2 Å². The normalized spacial score (nSPS) is 14.2. The molecule has 0 fully saturated rings. The summed E-state index contributed by atoms with van der Waals surface area (Å²) in [5, 5.41) is 10.6. The van der Waals surface area contributed by atoms with E-state index >= 15 is 0 Å². The number of aliphatic hydroxyl groups is 1. The molecule has 0 spiro atoms. The molecule has 0 heterocycles. The molecular formula is C78H152O17P2. The highest BCUT2D eigenvalue weighted by molar-refractivity contribution is 7.47. The Kier molecular flexibility index (Phi) is 68.4. The van der Waals surface area contributed by atoms with Crippen LogP contribution in [0.25, 0.3) is 0 Å². The van der Waals surface area contributed by atoms with E-state index in [0.29, 0.717) is 25.7 Å². The molecule has 0 aliphatic rings. The molecule has 97 heavy (non-hydrogen) atoms. The Balaban J connectivity index is 5.22. The minimum absolute atomic E-state index is 0.107. The first-order chi connectivity index (χ1) is 46.9. The van der Waals surface area contributed by atoms with Crippen molar-refractivity contribution in [1.29, 1.82) is 0 Å². The van der Waals surface area contributed by atoms with Crippen molar-refractivity contribution < 1.29 is 80.2 Å². The van der Waals surface area contributed by atoms with Crippen LogP contribution in [0.15, 0.2) is 0 Å². The molecule has 0 saturated carbocycles. The van der Waals surface area contributed by atoms with Gasteiger partial charge in [0.15, 0.2) is 12.2 Å². The van der Waals surface area contributed by atoms with Crippen LogP contribution in [0.1, 0.15) is 408 Å². The van der Waals surface area contributed by atoms with E-state index in [1.807, 2.05) is 0 Å². The predicted molar refractivity (Wildman–Crippen MR) is 395 cm³/mol. The summed E-state index contributed by atoms with van der Waals surface area (Å²) >= 11 is 0. The monoisotopic (exact) mass is 1420 g/mol. The molecule has 0 aliphatic heterocycles. The Morgan fingerprint density at radius 1 is 0.299 bits per heavy atom. The fourth-order valence-corrected chi connectivity index (χ4v) is 13.6. The maximum Gasteiger partial charge on any atom is 0.472 e. The van der Waals surface area contributed by atoms with Gasteiger partial charge in [0.2, 0.25) is 0 Å². The third-order valence-electron chi connectivity index (χ3n) is 18.6. The summed E-state index contributed by atoms with van der Waals surface area (Å²) in [5.41, 5.74) is 0. The summed E-state index contributed by atoms with van der Waals surface area (Å²) in [6, 6.07) is 0. The maximum absolute atomic E-state index is 13.1. The van der Waals surface area contributed by atoms with Gasteiger partial charge >= 0.3 is 39.5 Å². The first-order valence-corrected chi connectivity index (χ1v) is 43.5. The largest absolute Gasteiger partial charge is 0.472 e. The molecule has 0 rings (SSSR count). The molecule has 0 radical (unpaired) electrons. The zero-order chi connectivity index (χ0) is 71.4. The second kappa shape index (κ2) is 69.8. The number of rotatable bonds is 77. The molecular weight excluding hydrogens is 1270 g/mol. The molecule has 19 heteroatoms. The molecule has 0 amide bonds. The van der Waals surface area contributed by atoms with Gasteiger partial charge in [-0.05, 0) is 37.5 Å². The van der Waals surface area contributed by atoms with Gasteiger partial charge < -0.3 is 33.8 Å². The molecule has 3 unspecified atom stereocenters. The van der Waals surface area contributed by atoms with Crippen LogP contribution in [0.4, 0.5) is 0 Å². The number of esters is 4. The van der Waals surface area contributed by atoms with Crippen LogP contribution in [-0.4, -0.2) is 96.7 Å². The number of carbonyl (C=O) groups excluding carboxylic acids is 4. The molecule has 17 nitrogen and oxygen atoms in total. The summed E-state index contributed by atoms with van der Waals surface area (Å²) in [5.74, 6) is -0.491. The average Bonchev–Trinajstić information content (AvgIpc) is 1.51. The Labute approximate surface area is 594 Å². The van der Waals surface area contributed by atoms with Crippen LogP contribution in [0.5, 0.6) is 0 Å². The van der Waals surface area contributed by atoms with Crippen LogP contribution in [0.2, 0.25) is 0 Å². The second-order valence-corrected chi connectivity index (χ2v) is 31.7. The standard InChI is InChI=1S/C78H152O17P2/c1-7-10-12-14-16-18-19-20-21-22-26-32-37-43-49-55-61-76(81)89-67-74(95-77(82)62-56-50-44-38-33-27-24-23-25-31-36-41-47-53-59-71(6)9-3)69-93-97(86,87)91-65-72(79)64-90-96(84,85)92-68-73(66-88-75(80)60-54-48-42-17-15-13-11-8-2)94-78(83)63-57-51-45-39-34-29-28-30-35-40-46-52-58-70(4)5/h70-74,79H,7-69H2,1-6H3,(H,84,85)(H,86,87)/t71?,72-,73+,74+/m0/s1. The molecule has 0 aromatic heterocycles. The van der Waals surface area contributed by atoms with Crippen LogP contribution in [-0.2, 0) is 65.4 Å². The smallest absolute Gasteiger partial charge is 0.462 e. The van der Waals surface area contributed by atoms with Gasteiger partial charge in [-0.15, -0.1) is 0 Å². The molecule has 0 aromatic carbocycles. The van der Waals surface area contributed by atoms with Crippen LogP contribution < -0.4 is 0 Å². The first kappa shape index (κ1) is 95.1. The highest BCUT2D eigenvalue weighted by Crippen LogP contribution is 2.45. The summed E-state index contributed by atoms with van der Waals surface area (Å²) < 4.78 is 68.6. The van der Waals surface area contributed by atoms with Crippen molar-refractivity contribution in [2.45, 2.75) is 426 Å². The minimum atomic E-state index is -4.96. The SMILES string of the molecule is CCCCCCCCCCCCCCCCCCC(=O)OC[C@H](COP(=O)(O)OC[C@@H](O)COP(=O)(O)OC[C@@H](COC(=O)CCCCCCCCCC)OC(=O)CCCCCCCCCCCCCCC(C)C)OC(=O)CCCCCCCCCCCCCCCCC(C)CC. The molecule has 0 aliphatic carbocycles. The Morgan fingerprint density at radius 2 is 0.526 bits per heavy atom. The molecule has 6 atom stereocenters. The van der Waals surface area contributed by atoms with Gasteiger partial charge in [-0.25, -0.2) is 9.13 Å². The lowest BCUT2D eigenvalue weighted by molar-refractivity contribution is -0.161. The Hall–Kier alpha value is -1.94. The number of aliphatic hydroxyl groups excluding tert-OH is 1. The zero-order valence-corrected chi connectivity index (χ0v) is 65.2. The van der Waals surface area contributed by atoms with Crippen molar-refractivity contribution >= 4 is 39.5 Å². The van der Waals surface area contributed by atoms with Crippen molar-refractivity contribution in [1.82, 2.24) is 0 Å². The van der Waals surface area contributed by atoms with Gasteiger partial charge in [0, 0.05) is 25.7 Å². The zero-order valence-electron chi connectivity index (χ0n) is 63.4. The molecule has 0 bridgehead atoms. The number of phosphoric ester groups is 2. The number of carbonyl (C=O) groups is 4. The summed E-state index contributed by atoms with van der Waals surface area (Å²) in [6.07, 6.45) is 58.2. The predicted octanol–water partition coefficient (Wildman–Crippen LogP) is 23.1. The van der Waals surface area contributed by atoms with Crippen LogP contribution in [0.3, 0.4) is 0 Å². The lowest BCUT2D eigenvalue weighted by Crippen LogP contribution is -2.30. The Bertz CT molecular complexity index is 1870. The van der Waals surface area contributed by atoms with Crippen molar-refractivity contribution in [3.8, 4) is 0 Å². The first-order valence-electron chi connectivity index (χ1n) is 40.5. The number of hydrogen-bond donors (Lipinski definition) is 3. The van der Waals surface area contributed by atoms with Crippen molar-refractivity contribution in [2.75, 3.05) is 39.6 Å². The van der Waals surface area contributed by atoms with E-state index in [-0.39, 0.29) is 25.7 Å². The van der Waals surface area contributed by atoms with E-state index in [0.717, 1.165) is 108 Å². The highest BCUT2D eigenvalue weighted by atomic mass is 31.2.